The van der Waals surface area contributed by atoms with Crippen molar-refractivity contribution in [3.63, 3.8) is 0 Å². The molecule has 1 fully saturated rings. The largest absolute Gasteiger partial charge is 0.372 e. The fraction of sp³-hybridized carbons (Fsp3) is 0.316. The lowest BCUT2D eigenvalue weighted by Gasteiger charge is -2.21. The second kappa shape index (κ2) is 6.93. The zero-order valence-electron chi connectivity index (χ0n) is 14.2. The lowest BCUT2D eigenvalue weighted by atomic mass is 10.0. The highest BCUT2D eigenvalue weighted by Gasteiger charge is 2.40. The number of nitro groups is 1. The average Bonchev–Trinajstić information content (AvgIpc) is 3.35. The number of hydrogen-bond donors (Lipinski definition) is 2. The van der Waals surface area contributed by atoms with E-state index in [9.17, 15) is 14.9 Å². The molecule has 6 nitrogen and oxygen atoms in total. The van der Waals surface area contributed by atoms with Crippen LogP contribution in [0.2, 0.25) is 0 Å². The van der Waals surface area contributed by atoms with Gasteiger partial charge in [-0.25, -0.2) is 0 Å². The SMILES string of the molecule is CNC(=O)c1ccc(NC(c2ccccc2)C2CC2C)c([N+](=O)[O-])c1. The average molecular weight is 339 g/mol. The molecule has 0 heterocycles. The molecule has 1 aliphatic carbocycles. The second-order valence-electron chi connectivity index (χ2n) is 6.48. The van der Waals surface area contributed by atoms with Crippen molar-refractivity contribution in [2.45, 2.75) is 19.4 Å². The molecule has 1 saturated carbocycles. The summed E-state index contributed by atoms with van der Waals surface area (Å²) in [6, 6.07) is 14.5. The van der Waals surface area contributed by atoms with Gasteiger partial charge in [0.2, 0.25) is 0 Å². The molecule has 3 atom stereocenters. The molecule has 3 rings (SSSR count). The van der Waals surface area contributed by atoms with Crippen molar-refractivity contribution in [1.82, 2.24) is 5.32 Å². The number of nitrogens with zero attached hydrogens (tertiary/aromatic N) is 1. The number of anilines is 1. The molecule has 0 aromatic heterocycles. The second-order valence-corrected chi connectivity index (χ2v) is 6.48. The summed E-state index contributed by atoms with van der Waals surface area (Å²) in [4.78, 5) is 22.8. The molecule has 0 radical (unpaired) electrons. The van der Waals surface area contributed by atoms with Crippen molar-refractivity contribution >= 4 is 17.3 Å². The Balaban J connectivity index is 1.94. The van der Waals surface area contributed by atoms with Crippen molar-refractivity contribution in [3.05, 3.63) is 69.8 Å². The molecule has 1 aliphatic rings. The molecule has 2 aromatic rings. The summed E-state index contributed by atoms with van der Waals surface area (Å²) in [6.07, 6.45) is 1.09. The molecular weight excluding hydrogens is 318 g/mol. The van der Waals surface area contributed by atoms with Gasteiger partial charge in [-0.2, -0.15) is 0 Å². The Morgan fingerprint density at radius 2 is 1.92 bits per heavy atom. The number of nitrogens with one attached hydrogen (secondary N) is 2. The molecule has 3 unspecified atom stereocenters. The van der Waals surface area contributed by atoms with Gasteiger partial charge < -0.3 is 10.6 Å². The molecule has 0 spiro atoms. The van der Waals surface area contributed by atoms with Gasteiger partial charge in [0.1, 0.15) is 5.69 Å². The first-order valence-electron chi connectivity index (χ1n) is 8.33. The topological polar surface area (TPSA) is 84.3 Å². The number of carbonyl (C=O) groups is 1. The van der Waals surface area contributed by atoms with Crippen LogP contribution in [0.15, 0.2) is 48.5 Å². The number of amides is 1. The van der Waals surface area contributed by atoms with E-state index >= 15 is 0 Å². The fourth-order valence-corrected chi connectivity index (χ4v) is 3.17. The molecule has 6 heteroatoms. The van der Waals surface area contributed by atoms with Crippen LogP contribution in [0.4, 0.5) is 11.4 Å². The number of rotatable bonds is 6. The maximum Gasteiger partial charge on any atom is 0.293 e. The lowest BCUT2D eigenvalue weighted by molar-refractivity contribution is -0.384. The maximum atomic E-state index is 11.8. The third kappa shape index (κ3) is 3.63. The van der Waals surface area contributed by atoms with Crippen molar-refractivity contribution in [1.29, 1.82) is 0 Å². The van der Waals surface area contributed by atoms with E-state index < -0.39 is 4.92 Å². The summed E-state index contributed by atoms with van der Waals surface area (Å²) in [5.74, 6) is 0.688. The van der Waals surface area contributed by atoms with Crippen LogP contribution < -0.4 is 10.6 Å². The standard InChI is InChI=1S/C19H21N3O3/c1-12-10-15(12)18(13-6-4-3-5-7-13)21-16-9-8-14(19(23)20-2)11-17(16)22(24)25/h3-9,11-12,15,18,21H,10H2,1-2H3,(H,20,23). The van der Waals surface area contributed by atoms with Crippen LogP contribution >= 0.6 is 0 Å². The molecule has 130 valence electrons. The molecular formula is C19H21N3O3. The summed E-state index contributed by atoms with van der Waals surface area (Å²) in [5.41, 5.74) is 1.73. The van der Waals surface area contributed by atoms with Crippen LogP contribution in [0.3, 0.4) is 0 Å². The summed E-state index contributed by atoms with van der Waals surface area (Å²) in [6.45, 7) is 2.19. The highest BCUT2D eigenvalue weighted by atomic mass is 16.6. The highest BCUT2D eigenvalue weighted by molar-refractivity contribution is 5.95. The Kier molecular flexibility index (Phi) is 4.70. The minimum atomic E-state index is -0.451. The van der Waals surface area contributed by atoms with Crippen molar-refractivity contribution in [3.8, 4) is 0 Å². The van der Waals surface area contributed by atoms with Gasteiger partial charge in [-0.15, -0.1) is 0 Å². The van der Waals surface area contributed by atoms with E-state index in [0.717, 1.165) is 12.0 Å². The third-order valence-corrected chi connectivity index (χ3v) is 4.75. The minimum Gasteiger partial charge on any atom is -0.372 e. The molecule has 25 heavy (non-hydrogen) atoms. The number of carbonyl (C=O) groups excluding carboxylic acids is 1. The molecule has 0 saturated heterocycles. The van der Waals surface area contributed by atoms with E-state index in [1.165, 1.54) is 13.1 Å². The predicted octanol–water partition coefficient (Wildman–Crippen LogP) is 3.76. The van der Waals surface area contributed by atoms with Crippen molar-refractivity contribution < 1.29 is 9.72 Å². The van der Waals surface area contributed by atoms with Gasteiger partial charge in [0.25, 0.3) is 11.6 Å². The third-order valence-electron chi connectivity index (χ3n) is 4.75. The van der Waals surface area contributed by atoms with E-state index in [0.29, 0.717) is 17.5 Å². The monoisotopic (exact) mass is 339 g/mol. The Bertz CT molecular complexity index is 792. The Labute approximate surface area is 146 Å². The smallest absolute Gasteiger partial charge is 0.293 e. The highest BCUT2D eigenvalue weighted by Crippen LogP contribution is 2.48. The Morgan fingerprint density at radius 1 is 1.24 bits per heavy atom. The Morgan fingerprint density at radius 3 is 2.48 bits per heavy atom. The van der Waals surface area contributed by atoms with E-state index in [-0.39, 0.29) is 23.2 Å². The normalized spacial score (nSPS) is 19.8. The van der Waals surface area contributed by atoms with Crippen molar-refractivity contribution in [2.24, 2.45) is 11.8 Å². The van der Waals surface area contributed by atoms with E-state index in [1.807, 2.05) is 30.3 Å². The molecule has 2 N–H and O–H groups in total. The van der Waals surface area contributed by atoms with Gasteiger partial charge in [0, 0.05) is 18.7 Å². The van der Waals surface area contributed by atoms with Gasteiger partial charge in [-0.05, 0) is 36.0 Å². The lowest BCUT2D eigenvalue weighted by Crippen LogP contribution is -2.19. The number of hydrogen-bond acceptors (Lipinski definition) is 4. The molecule has 1 amide bonds. The summed E-state index contributed by atoms with van der Waals surface area (Å²) in [5, 5.41) is 17.3. The first-order valence-corrected chi connectivity index (χ1v) is 8.33. The van der Waals surface area contributed by atoms with Crippen LogP contribution in [-0.2, 0) is 0 Å². The molecule has 0 aliphatic heterocycles. The van der Waals surface area contributed by atoms with Crippen LogP contribution in [0.5, 0.6) is 0 Å². The Hall–Kier alpha value is -2.89. The van der Waals surface area contributed by atoms with Gasteiger partial charge in [-0.3, -0.25) is 14.9 Å². The van der Waals surface area contributed by atoms with Crippen LogP contribution in [0.25, 0.3) is 0 Å². The first kappa shape index (κ1) is 17.0. The summed E-state index contributed by atoms with van der Waals surface area (Å²) in [7, 11) is 1.50. The van der Waals surface area contributed by atoms with E-state index in [1.54, 1.807) is 12.1 Å². The van der Waals surface area contributed by atoms with Gasteiger partial charge in [0.15, 0.2) is 0 Å². The first-order chi connectivity index (χ1) is 12.0. The summed E-state index contributed by atoms with van der Waals surface area (Å²) < 4.78 is 0. The van der Waals surface area contributed by atoms with E-state index in [4.69, 9.17) is 0 Å². The number of nitro benzene ring substituents is 1. The van der Waals surface area contributed by atoms with Crippen molar-refractivity contribution in [2.75, 3.05) is 12.4 Å². The quantitative estimate of drug-likeness (QED) is 0.620. The van der Waals surface area contributed by atoms with E-state index in [2.05, 4.69) is 17.6 Å². The van der Waals surface area contributed by atoms with Crippen LogP contribution in [-0.4, -0.2) is 17.9 Å². The fourth-order valence-electron chi connectivity index (χ4n) is 3.17. The van der Waals surface area contributed by atoms with Crippen LogP contribution in [0.1, 0.15) is 35.3 Å². The van der Waals surface area contributed by atoms with Crippen LogP contribution in [0, 0.1) is 22.0 Å². The molecule has 2 aromatic carbocycles. The van der Waals surface area contributed by atoms with Gasteiger partial charge in [0.05, 0.1) is 11.0 Å². The zero-order valence-corrected chi connectivity index (χ0v) is 14.2. The molecule has 0 bridgehead atoms. The van der Waals surface area contributed by atoms with Gasteiger partial charge >= 0.3 is 0 Å². The maximum absolute atomic E-state index is 11.8. The minimum absolute atomic E-state index is 0.0146. The van der Waals surface area contributed by atoms with Gasteiger partial charge in [-0.1, -0.05) is 37.3 Å². The number of benzene rings is 2. The predicted molar refractivity (Wildman–Crippen MR) is 96.6 cm³/mol. The summed E-state index contributed by atoms with van der Waals surface area (Å²) >= 11 is 0. The zero-order chi connectivity index (χ0) is 18.0.